The predicted octanol–water partition coefficient (Wildman–Crippen LogP) is 2.00. The van der Waals surface area contributed by atoms with Gasteiger partial charge >= 0.3 is 0 Å². The number of hydrogen-bond donors (Lipinski definition) is 3. The second-order valence-electron chi connectivity index (χ2n) is 5.42. The van der Waals surface area contributed by atoms with Gasteiger partial charge in [0.25, 0.3) is 0 Å². The molecule has 0 saturated carbocycles. The minimum atomic E-state index is -3.67. The Labute approximate surface area is 170 Å². The van der Waals surface area contributed by atoms with Gasteiger partial charge in [0.15, 0.2) is 5.96 Å². The van der Waals surface area contributed by atoms with Crippen LogP contribution in [-0.2, 0) is 23.0 Å². The fourth-order valence-electron chi connectivity index (χ4n) is 2.22. The van der Waals surface area contributed by atoms with Crippen molar-refractivity contribution in [3.05, 3.63) is 65.5 Å². The number of sulfonamides is 1. The molecule has 142 valence electrons. The fourth-order valence-corrected chi connectivity index (χ4v) is 2.74. The smallest absolute Gasteiger partial charge is 0.238 e. The van der Waals surface area contributed by atoms with E-state index in [9.17, 15) is 12.8 Å². The summed E-state index contributed by atoms with van der Waals surface area (Å²) >= 11 is 0. The third-order valence-electron chi connectivity index (χ3n) is 3.53. The van der Waals surface area contributed by atoms with Crippen LogP contribution < -0.4 is 15.8 Å². The van der Waals surface area contributed by atoms with Crippen molar-refractivity contribution in [2.24, 2.45) is 10.1 Å². The van der Waals surface area contributed by atoms with Crippen LogP contribution in [0.4, 0.5) is 4.39 Å². The highest BCUT2D eigenvalue weighted by Crippen LogP contribution is 2.09. The third kappa shape index (κ3) is 7.26. The van der Waals surface area contributed by atoms with Gasteiger partial charge in [0.2, 0.25) is 10.0 Å². The molecule has 4 N–H and O–H groups in total. The Balaban J connectivity index is 0.00000338. The SMILES string of the molecule is CN=C(NCCc1ccc(S(N)(=O)=O)cc1)NCc1cccc(F)c1.I. The van der Waals surface area contributed by atoms with E-state index < -0.39 is 10.0 Å². The molecule has 0 atom stereocenters. The summed E-state index contributed by atoms with van der Waals surface area (Å²) < 4.78 is 35.6. The molecule has 2 rings (SSSR count). The first kappa shape index (κ1) is 22.3. The minimum Gasteiger partial charge on any atom is -0.356 e. The zero-order valence-electron chi connectivity index (χ0n) is 14.3. The zero-order chi connectivity index (χ0) is 18.3. The molecule has 0 radical (unpaired) electrons. The van der Waals surface area contributed by atoms with Gasteiger partial charge in [-0.25, -0.2) is 17.9 Å². The van der Waals surface area contributed by atoms with Gasteiger partial charge in [-0.2, -0.15) is 0 Å². The number of nitrogens with zero attached hydrogens (tertiary/aromatic N) is 1. The van der Waals surface area contributed by atoms with Crippen LogP contribution in [0.5, 0.6) is 0 Å². The molecule has 0 bridgehead atoms. The summed E-state index contributed by atoms with van der Waals surface area (Å²) in [6.07, 6.45) is 0.686. The molecule has 0 aliphatic heterocycles. The van der Waals surface area contributed by atoms with E-state index in [2.05, 4.69) is 15.6 Å². The molecule has 0 aliphatic rings. The van der Waals surface area contributed by atoms with Gasteiger partial charge in [-0.15, -0.1) is 24.0 Å². The molecule has 26 heavy (non-hydrogen) atoms. The quantitative estimate of drug-likeness (QED) is 0.327. The van der Waals surface area contributed by atoms with Crippen molar-refractivity contribution < 1.29 is 12.8 Å². The lowest BCUT2D eigenvalue weighted by Crippen LogP contribution is -2.37. The van der Waals surface area contributed by atoms with E-state index in [4.69, 9.17) is 5.14 Å². The standard InChI is InChI=1S/C17H21FN4O2S.HI/c1-20-17(22-12-14-3-2-4-15(18)11-14)21-10-9-13-5-7-16(8-6-13)25(19,23)24;/h2-8,11H,9-10,12H2,1H3,(H2,19,23,24)(H2,20,21,22);1H. The molecule has 9 heteroatoms. The third-order valence-corrected chi connectivity index (χ3v) is 4.46. The second kappa shape index (κ2) is 10.4. The highest BCUT2D eigenvalue weighted by molar-refractivity contribution is 14.0. The summed E-state index contributed by atoms with van der Waals surface area (Å²) in [5.74, 6) is 0.329. The topological polar surface area (TPSA) is 96.6 Å². The number of halogens is 2. The summed E-state index contributed by atoms with van der Waals surface area (Å²) in [6, 6.07) is 12.8. The summed E-state index contributed by atoms with van der Waals surface area (Å²) in [4.78, 5) is 4.20. The van der Waals surface area contributed by atoms with Crippen molar-refractivity contribution in [1.29, 1.82) is 0 Å². The maximum atomic E-state index is 13.1. The van der Waals surface area contributed by atoms with Crippen molar-refractivity contribution in [1.82, 2.24) is 10.6 Å². The number of aliphatic imine (C=N–C) groups is 1. The number of guanidine groups is 1. The Morgan fingerprint density at radius 3 is 2.38 bits per heavy atom. The Morgan fingerprint density at radius 2 is 1.81 bits per heavy atom. The van der Waals surface area contributed by atoms with E-state index in [-0.39, 0.29) is 34.7 Å². The Morgan fingerprint density at radius 1 is 1.12 bits per heavy atom. The predicted molar refractivity (Wildman–Crippen MR) is 112 cm³/mol. The van der Waals surface area contributed by atoms with E-state index in [1.165, 1.54) is 24.3 Å². The molecule has 6 nitrogen and oxygen atoms in total. The van der Waals surface area contributed by atoms with Crippen molar-refractivity contribution in [3.63, 3.8) is 0 Å². The van der Waals surface area contributed by atoms with Crippen molar-refractivity contribution in [3.8, 4) is 0 Å². The lowest BCUT2D eigenvalue weighted by Gasteiger charge is -2.12. The Hall–Kier alpha value is -1.72. The van der Waals surface area contributed by atoms with Crippen LogP contribution >= 0.6 is 24.0 Å². The van der Waals surface area contributed by atoms with E-state index in [0.717, 1.165) is 11.1 Å². The van der Waals surface area contributed by atoms with Crippen LogP contribution in [0.2, 0.25) is 0 Å². The molecular formula is C17H22FIN4O2S. The Kier molecular flexibility index (Phi) is 8.96. The summed E-state index contributed by atoms with van der Waals surface area (Å²) in [7, 11) is -2.01. The monoisotopic (exact) mass is 492 g/mol. The van der Waals surface area contributed by atoms with Crippen molar-refractivity contribution >= 4 is 40.0 Å². The Bertz CT molecular complexity index is 842. The van der Waals surface area contributed by atoms with E-state index in [1.54, 1.807) is 25.2 Å². The second-order valence-corrected chi connectivity index (χ2v) is 6.98. The molecule has 0 heterocycles. The van der Waals surface area contributed by atoms with Gasteiger partial charge in [0, 0.05) is 20.1 Å². The highest BCUT2D eigenvalue weighted by Gasteiger charge is 2.06. The average molecular weight is 492 g/mol. The van der Waals surface area contributed by atoms with E-state index >= 15 is 0 Å². The zero-order valence-corrected chi connectivity index (χ0v) is 17.4. The highest BCUT2D eigenvalue weighted by atomic mass is 127. The summed E-state index contributed by atoms with van der Waals surface area (Å²) in [5.41, 5.74) is 1.79. The van der Waals surface area contributed by atoms with Crippen LogP contribution in [0.15, 0.2) is 58.4 Å². The lowest BCUT2D eigenvalue weighted by molar-refractivity contribution is 0.597. The van der Waals surface area contributed by atoms with Gasteiger partial charge in [-0.05, 0) is 41.8 Å². The maximum Gasteiger partial charge on any atom is 0.238 e. The maximum absolute atomic E-state index is 13.1. The summed E-state index contributed by atoms with van der Waals surface area (Å²) in [5, 5.41) is 11.3. The van der Waals surface area contributed by atoms with Crippen LogP contribution in [0.25, 0.3) is 0 Å². The van der Waals surface area contributed by atoms with Crippen LogP contribution in [0.3, 0.4) is 0 Å². The molecule has 0 amide bonds. The molecule has 0 aromatic heterocycles. The van der Waals surface area contributed by atoms with Crippen LogP contribution in [0.1, 0.15) is 11.1 Å². The van der Waals surface area contributed by atoms with Gasteiger partial charge in [-0.3, -0.25) is 4.99 Å². The van der Waals surface area contributed by atoms with Gasteiger partial charge in [0.1, 0.15) is 5.82 Å². The van der Waals surface area contributed by atoms with Crippen LogP contribution in [-0.4, -0.2) is 28.0 Å². The summed E-state index contributed by atoms with van der Waals surface area (Å²) in [6.45, 7) is 1.07. The minimum absolute atomic E-state index is 0. The molecular weight excluding hydrogens is 470 g/mol. The van der Waals surface area contributed by atoms with Gasteiger partial charge in [0.05, 0.1) is 4.90 Å². The molecule has 0 unspecified atom stereocenters. The number of hydrogen-bond acceptors (Lipinski definition) is 3. The number of nitrogens with two attached hydrogens (primary N) is 1. The molecule has 0 aliphatic carbocycles. The lowest BCUT2D eigenvalue weighted by atomic mass is 10.1. The van der Waals surface area contributed by atoms with E-state index in [1.807, 2.05) is 6.07 Å². The first-order chi connectivity index (χ1) is 11.9. The first-order valence-electron chi connectivity index (χ1n) is 7.69. The molecule has 2 aromatic carbocycles. The number of benzene rings is 2. The van der Waals surface area contributed by atoms with E-state index in [0.29, 0.717) is 25.5 Å². The average Bonchev–Trinajstić information content (AvgIpc) is 2.57. The van der Waals surface area contributed by atoms with Crippen molar-refractivity contribution in [2.75, 3.05) is 13.6 Å². The van der Waals surface area contributed by atoms with Crippen molar-refractivity contribution in [2.45, 2.75) is 17.9 Å². The number of primary sulfonamides is 1. The number of nitrogens with one attached hydrogen (secondary N) is 2. The largest absolute Gasteiger partial charge is 0.356 e. The molecule has 2 aromatic rings. The van der Waals surface area contributed by atoms with Gasteiger partial charge < -0.3 is 10.6 Å². The number of rotatable bonds is 6. The normalized spacial score (nSPS) is 11.6. The van der Waals surface area contributed by atoms with Gasteiger partial charge in [-0.1, -0.05) is 24.3 Å². The first-order valence-corrected chi connectivity index (χ1v) is 9.24. The molecule has 0 spiro atoms. The molecule has 0 fully saturated rings. The molecule has 0 saturated heterocycles. The van der Waals surface area contributed by atoms with Crippen LogP contribution in [0, 0.1) is 5.82 Å². The fraction of sp³-hybridized carbons (Fsp3) is 0.235.